The van der Waals surface area contributed by atoms with E-state index in [1.54, 1.807) is 0 Å². The summed E-state index contributed by atoms with van der Waals surface area (Å²) in [5.41, 5.74) is 2.74. The van der Waals surface area contributed by atoms with Crippen LogP contribution in [-0.4, -0.2) is 22.9 Å². The van der Waals surface area contributed by atoms with Gasteiger partial charge in [0.1, 0.15) is 0 Å². The molecule has 0 radical (unpaired) electrons. The summed E-state index contributed by atoms with van der Waals surface area (Å²) in [6.45, 7) is 7.52. The summed E-state index contributed by atoms with van der Waals surface area (Å²) in [6.07, 6.45) is 5.27. The number of hydrogen-bond acceptors (Lipinski definition) is 2. The third-order valence-corrected chi connectivity index (χ3v) is 3.78. The molecule has 2 rings (SSSR count). The van der Waals surface area contributed by atoms with E-state index in [-0.39, 0.29) is 0 Å². The SMILES string of the molecule is CCCNCC(Cc1ccnn1CCC)c1ccccc1. The maximum atomic E-state index is 4.45. The molecule has 1 aromatic heterocycles. The van der Waals surface area contributed by atoms with Gasteiger partial charge in [0, 0.05) is 30.9 Å². The van der Waals surface area contributed by atoms with Crippen molar-refractivity contribution in [3.8, 4) is 0 Å². The molecule has 0 aliphatic carbocycles. The minimum absolute atomic E-state index is 0.505. The highest BCUT2D eigenvalue weighted by Crippen LogP contribution is 2.20. The predicted molar refractivity (Wildman–Crippen MR) is 88.6 cm³/mol. The number of aryl methyl sites for hydroxylation is 1. The fourth-order valence-corrected chi connectivity index (χ4v) is 2.69. The molecule has 1 atom stereocenters. The predicted octanol–water partition coefficient (Wildman–Crippen LogP) is 3.62. The van der Waals surface area contributed by atoms with Crippen LogP contribution >= 0.6 is 0 Å². The highest BCUT2D eigenvalue weighted by atomic mass is 15.3. The molecular formula is C18H27N3. The molecule has 114 valence electrons. The lowest BCUT2D eigenvalue weighted by molar-refractivity contribution is 0.528. The third kappa shape index (κ3) is 4.71. The molecular weight excluding hydrogens is 258 g/mol. The van der Waals surface area contributed by atoms with Gasteiger partial charge in [-0.05, 0) is 37.4 Å². The molecule has 0 amide bonds. The maximum Gasteiger partial charge on any atom is 0.0492 e. The maximum absolute atomic E-state index is 4.45. The highest BCUT2D eigenvalue weighted by molar-refractivity contribution is 5.22. The lowest BCUT2D eigenvalue weighted by atomic mass is 9.94. The van der Waals surface area contributed by atoms with Gasteiger partial charge >= 0.3 is 0 Å². The summed E-state index contributed by atoms with van der Waals surface area (Å²) in [4.78, 5) is 0. The van der Waals surface area contributed by atoms with Crippen molar-refractivity contribution in [2.24, 2.45) is 0 Å². The Balaban J connectivity index is 2.09. The molecule has 1 N–H and O–H groups in total. The molecule has 0 aliphatic heterocycles. The summed E-state index contributed by atoms with van der Waals surface area (Å²) in [6, 6.07) is 13.0. The molecule has 0 saturated carbocycles. The summed E-state index contributed by atoms with van der Waals surface area (Å²) < 4.78 is 2.15. The Kier molecular flexibility index (Phi) is 6.48. The zero-order valence-electron chi connectivity index (χ0n) is 13.3. The second-order valence-electron chi connectivity index (χ2n) is 5.56. The van der Waals surface area contributed by atoms with Crippen LogP contribution in [0.1, 0.15) is 43.9 Å². The Morgan fingerprint density at radius 2 is 1.90 bits per heavy atom. The van der Waals surface area contributed by atoms with E-state index in [1.165, 1.54) is 17.7 Å². The van der Waals surface area contributed by atoms with Crippen molar-refractivity contribution in [2.45, 2.75) is 45.6 Å². The van der Waals surface area contributed by atoms with Gasteiger partial charge < -0.3 is 5.32 Å². The van der Waals surface area contributed by atoms with Crippen LogP contribution in [0.25, 0.3) is 0 Å². The molecule has 3 heteroatoms. The van der Waals surface area contributed by atoms with Crippen LogP contribution in [0.2, 0.25) is 0 Å². The van der Waals surface area contributed by atoms with Crippen LogP contribution in [0.3, 0.4) is 0 Å². The molecule has 0 fully saturated rings. The van der Waals surface area contributed by atoms with Crippen molar-refractivity contribution in [1.29, 1.82) is 0 Å². The summed E-state index contributed by atoms with van der Waals surface area (Å²) in [5, 5.41) is 8.01. The van der Waals surface area contributed by atoms with Gasteiger partial charge in [-0.15, -0.1) is 0 Å². The molecule has 2 aromatic rings. The monoisotopic (exact) mass is 285 g/mol. The first-order chi connectivity index (χ1) is 10.3. The first-order valence-electron chi connectivity index (χ1n) is 8.11. The van der Waals surface area contributed by atoms with Gasteiger partial charge in [-0.2, -0.15) is 5.10 Å². The highest BCUT2D eigenvalue weighted by Gasteiger charge is 2.14. The second kappa shape index (κ2) is 8.63. The number of rotatable bonds is 9. The normalized spacial score (nSPS) is 12.5. The van der Waals surface area contributed by atoms with Crippen molar-refractivity contribution in [2.75, 3.05) is 13.1 Å². The number of aromatic nitrogens is 2. The summed E-state index contributed by atoms with van der Waals surface area (Å²) in [7, 11) is 0. The lowest BCUT2D eigenvalue weighted by Gasteiger charge is -2.19. The fraction of sp³-hybridized carbons (Fsp3) is 0.500. The number of nitrogens with zero attached hydrogens (tertiary/aromatic N) is 2. The summed E-state index contributed by atoms with van der Waals surface area (Å²) >= 11 is 0. The molecule has 0 aliphatic rings. The average molecular weight is 285 g/mol. The van der Waals surface area contributed by atoms with E-state index < -0.39 is 0 Å². The Hall–Kier alpha value is -1.61. The van der Waals surface area contributed by atoms with Crippen molar-refractivity contribution in [3.63, 3.8) is 0 Å². The van der Waals surface area contributed by atoms with Gasteiger partial charge in [-0.1, -0.05) is 44.2 Å². The minimum atomic E-state index is 0.505. The standard InChI is InChI=1S/C18H27N3/c1-3-11-19-15-17(16-8-6-5-7-9-16)14-18-10-12-20-21(18)13-4-2/h5-10,12,17,19H,3-4,11,13-15H2,1-2H3. The molecule has 1 unspecified atom stereocenters. The lowest BCUT2D eigenvalue weighted by Crippen LogP contribution is -2.24. The van der Waals surface area contributed by atoms with Crippen LogP contribution in [0.5, 0.6) is 0 Å². The van der Waals surface area contributed by atoms with E-state index >= 15 is 0 Å². The van der Waals surface area contributed by atoms with Crippen LogP contribution in [0, 0.1) is 0 Å². The molecule has 0 saturated heterocycles. The fourth-order valence-electron chi connectivity index (χ4n) is 2.69. The minimum Gasteiger partial charge on any atom is -0.316 e. The molecule has 1 aromatic carbocycles. The van der Waals surface area contributed by atoms with Crippen molar-refractivity contribution >= 4 is 0 Å². The molecule has 0 spiro atoms. The van der Waals surface area contributed by atoms with Crippen molar-refractivity contribution < 1.29 is 0 Å². The second-order valence-corrected chi connectivity index (χ2v) is 5.56. The first kappa shape index (κ1) is 15.8. The van der Waals surface area contributed by atoms with Gasteiger partial charge in [0.15, 0.2) is 0 Å². The van der Waals surface area contributed by atoms with Gasteiger partial charge in [0.25, 0.3) is 0 Å². The van der Waals surface area contributed by atoms with Crippen LogP contribution in [0.4, 0.5) is 0 Å². The number of benzene rings is 1. The van der Waals surface area contributed by atoms with Crippen molar-refractivity contribution in [1.82, 2.24) is 15.1 Å². The zero-order chi connectivity index (χ0) is 14.9. The molecule has 3 nitrogen and oxygen atoms in total. The van der Waals surface area contributed by atoms with E-state index in [1.807, 2.05) is 6.20 Å². The van der Waals surface area contributed by atoms with Gasteiger partial charge in [0.05, 0.1) is 0 Å². The Morgan fingerprint density at radius 1 is 1.10 bits per heavy atom. The topological polar surface area (TPSA) is 29.9 Å². The molecule has 0 bridgehead atoms. The Labute approximate surface area is 128 Å². The van der Waals surface area contributed by atoms with Crippen LogP contribution in [0.15, 0.2) is 42.6 Å². The third-order valence-electron chi connectivity index (χ3n) is 3.78. The smallest absolute Gasteiger partial charge is 0.0492 e. The van der Waals surface area contributed by atoms with Gasteiger partial charge in [-0.25, -0.2) is 0 Å². The molecule has 1 heterocycles. The van der Waals surface area contributed by atoms with Gasteiger partial charge in [0.2, 0.25) is 0 Å². The number of nitrogens with one attached hydrogen (secondary N) is 1. The first-order valence-corrected chi connectivity index (χ1v) is 8.11. The van der Waals surface area contributed by atoms with E-state index in [0.717, 1.165) is 32.5 Å². The average Bonchev–Trinajstić information content (AvgIpc) is 2.95. The van der Waals surface area contributed by atoms with E-state index in [4.69, 9.17) is 0 Å². The zero-order valence-corrected chi connectivity index (χ0v) is 13.3. The molecule has 21 heavy (non-hydrogen) atoms. The van der Waals surface area contributed by atoms with E-state index in [2.05, 4.69) is 65.3 Å². The summed E-state index contributed by atoms with van der Waals surface area (Å²) in [5.74, 6) is 0.505. The number of hydrogen-bond donors (Lipinski definition) is 1. The van der Waals surface area contributed by atoms with Gasteiger partial charge in [-0.3, -0.25) is 4.68 Å². The quantitative estimate of drug-likeness (QED) is 0.713. The van der Waals surface area contributed by atoms with E-state index in [9.17, 15) is 0 Å². The van der Waals surface area contributed by atoms with E-state index in [0.29, 0.717) is 5.92 Å². The Morgan fingerprint density at radius 3 is 2.62 bits per heavy atom. The van der Waals surface area contributed by atoms with Crippen LogP contribution in [-0.2, 0) is 13.0 Å². The van der Waals surface area contributed by atoms with Crippen molar-refractivity contribution in [3.05, 3.63) is 53.9 Å². The van der Waals surface area contributed by atoms with Crippen LogP contribution < -0.4 is 5.32 Å². The largest absolute Gasteiger partial charge is 0.316 e. The Bertz CT molecular complexity index is 504.